The Morgan fingerprint density at radius 2 is 2.45 bits per heavy atom. The number of amidine groups is 1. The topological polar surface area (TPSA) is 41.5 Å². The van der Waals surface area contributed by atoms with E-state index in [9.17, 15) is 4.79 Å². The van der Waals surface area contributed by atoms with Gasteiger partial charge in [-0.15, -0.1) is 0 Å². The Morgan fingerprint density at radius 3 is 3.27 bits per heavy atom. The number of nitrogens with zero attached hydrogens (tertiary/aromatic N) is 1. The zero-order valence-electron chi connectivity index (χ0n) is 5.54. The van der Waals surface area contributed by atoms with Crippen molar-refractivity contribution in [3.8, 4) is 0 Å². The fraction of sp³-hybridized carbons (Fsp3) is 0.143. The average Bonchev–Trinajstić information content (AvgIpc) is 2.34. The van der Waals surface area contributed by atoms with E-state index in [-0.39, 0.29) is 11.8 Å². The predicted molar refractivity (Wildman–Crippen MR) is 50.3 cm³/mol. The summed E-state index contributed by atoms with van der Waals surface area (Å²) in [5, 5.41) is 2.68. The summed E-state index contributed by atoms with van der Waals surface area (Å²) in [5.74, 6) is 0.878. The molecule has 0 saturated heterocycles. The van der Waals surface area contributed by atoms with Crippen LogP contribution < -0.4 is 5.32 Å². The van der Waals surface area contributed by atoms with Crippen LogP contribution in [0.5, 0.6) is 0 Å². The lowest BCUT2D eigenvalue weighted by Gasteiger charge is -2.16. The smallest absolute Gasteiger partial charge is 0.250 e. The summed E-state index contributed by atoms with van der Waals surface area (Å²) in [4.78, 5) is 14.9. The minimum atomic E-state index is -0.0758. The number of carbonyl (C=O) groups is 1. The van der Waals surface area contributed by atoms with Crippen LogP contribution >= 0.6 is 22.6 Å². The summed E-state index contributed by atoms with van der Waals surface area (Å²) in [6.45, 7) is 0. The van der Waals surface area contributed by atoms with E-state index in [0.717, 1.165) is 9.42 Å². The van der Waals surface area contributed by atoms with E-state index in [2.05, 4.69) is 32.9 Å². The molecule has 0 aromatic carbocycles. The van der Waals surface area contributed by atoms with Crippen LogP contribution in [0, 0.1) is 5.92 Å². The summed E-state index contributed by atoms with van der Waals surface area (Å²) in [6.07, 6.45) is 5.28. The lowest BCUT2D eigenvalue weighted by Crippen LogP contribution is -2.36. The van der Waals surface area contributed by atoms with Gasteiger partial charge in [-0.05, 0) is 22.6 Å². The molecular formula is C7H5IN2O. The van der Waals surface area contributed by atoms with Gasteiger partial charge in [-0.3, -0.25) is 4.79 Å². The van der Waals surface area contributed by atoms with Gasteiger partial charge in [0.05, 0.1) is 5.92 Å². The molecule has 0 radical (unpaired) electrons. The third-order valence-electron chi connectivity index (χ3n) is 1.60. The highest BCUT2D eigenvalue weighted by molar-refractivity contribution is 14.1. The van der Waals surface area contributed by atoms with Gasteiger partial charge in [-0.2, -0.15) is 0 Å². The van der Waals surface area contributed by atoms with Gasteiger partial charge in [0.2, 0.25) is 5.91 Å². The first-order valence-corrected chi connectivity index (χ1v) is 4.28. The number of carbonyl (C=O) groups excluding carboxylic acids is 1. The van der Waals surface area contributed by atoms with Crippen molar-refractivity contribution in [2.75, 3.05) is 0 Å². The molecule has 0 fully saturated rings. The Kier molecular flexibility index (Phi) is 1.56. The number of nitrogens with one attached hydrogen (secondary N) is 1. The first kappa shape index (κ1) is 7.02. The molecule has 1 N–H and O–H groups in total. The molecule has 4 heteroatoms. The maximum Gasteiger partial charge on any atom is 0.250 e. The average molecular weight is 260 g/mol. The highest BCUT2D eigenvalue weighted by Gasteiger charge is 2.25. The normalized spacial score (nSPS) is 27.4. The van der Waals surface area contributed by atoms with Crippen LogP contribution in [-0.4, -0.2) is 11.7 Å². The minimum absolute atomic E-state index is 0.0758. The van der Waals surface area contributed by atoms with Crippen LogP contribution in [0.3, 0.4) is 0 Å². The number of hydrogen-bond acceptors (Lipinski definition) is 2. The van der Waals surface area contributed by atoms with Crippen molar-refractivity contribution in [2.45, 2.75) is 0 Å². The van der Waals surface area contributed by atoms with Gasteiger partial charge in [0, 0.05) is 15.9 Å². The number of aliphatic imine (C=N–C) groups is 1. The van der Waals surface area contributed by atoms with Crippen LogP contribution in [-0.2, 0) is 4.79 Å². The maximum atomic E-state index is 10.9. The first-order chi connectivity index (χ1) is 5.27. The van der Waals surface area contributed by atoms with Gasteiger partial charge in [-0.25, -0.2) is 4.99 Å². The first-order valence-electron chi connectivity index (χ1n) is 3.20. The molecular weight excluding hydrogens is 255 g/mol. The Hall–Kier alpha value is -0.650. The van der Waals surface area contributed by atoms with Crippen LogP contribution in [0.4, 0.5) is 0 Å². The molecule has 1 atom stereocenters. The predicted octanol–water partition coefficient (Wildman–Crippen LogP) is 0.977. The fourth-order valence-corrected chi connectivity index (χ4v) is 1.88. The van der Waals surface area contributed by atoms with Crippen molar-refractivity contribution in [3.05, 3.63) is 21.9 Å². The van der Waals surface area contributed by atoms with Crippen molar-refractivity contribution in [1.29, 1.82) is 0 Å². The molecule has 2 rings (SSSR count). The molecule has 0 bridgehead atoms. The van der Waals surface area contributed by atoms with Crippen molar-refractivity contribution < 1.29 is 4.79 Å². The highest BCUT2D eigenvalue weighted by atomic mass is 127. The molecule has 0 spiro atoms. The van der Waals surface area contributed by atoms with E-state index in [4.69, 9.17) is 0 Å². The second-order valence-corrected chi connectivity index (χ2v) is 3.60. The van der Waals surface area contributed by atoms with Crippen LogP contribution in [0.25, 0.3) is 0 Å². The molecule has 0 aromatic rings. The van der Waals surface area contributed by atoms with Gasteiger partial charge < -0.3 is 5.32 Å². The lowest BCUT2D eigenvalue weighted by molar-refractivity contribution is -0.115. The van der Waals surface area contributed by atoms with E-state index in [1.54, 1.807) is 12.3 Å². The minimum Gasteiger partial charge on any atom is -0.310 e. The zero-order chi connectivity index (χ0) is 7.84. The summed E-state index contributed by atoms with van der Waals surface area (Å²) < 4.78 is 1.03. The largest absolute Gasteiger partial charge is 0.310 e. The summed E-state index contributed by atoms with van der Waals surface area (Å²) in [7, 11) is 0. The van der Waals surface area contributed by atoms with E-state index in [0.29, 0.717) is 0 Å². The SMILES string of the molecule is O=C1C=C(I)C2C=CN=C2N1. The molecule has 56 valence electrons. The number of fused-ring (bicyclic) bond motifs is 1. The summed E-state index contributed by atoms with van der Waals surface area (Å²) >= 11 is 2.16. The maximum absolute atomic E-state index is 10.9. The Morgan fingerprint density at radius 1 is 1.64 bits per heavy atom. The Labute approximate surface area is 77.4 Å². The second-order valence-electron chi connectivity index (χ2n) is 2.35. The van der Waals surface area contributed by atoms with E-state index in [1.807, 2.05) is 6.08 Å². The fourth-order valence-electron chi connectivity index (χ4n) is 1.09. The zero-order valence-corrected chi connectivity index (χ0v) is 7.70. The van der Waals surface area contributed by atoms with Crippen LogP contribution in [0.15, 0.2) is 26.9 Å². The molecule has 2 heterocycles. The van der Waals surface area contributed by atoms with Crippen molar-refractivity contribution in [1.82, 2.24) is 5.32 Å². The lowest BCUT2D eigenvalue weighted by atomic mass is 10.1. The Balaban J connectivity index is 2.41. The third kappa shape index (κ3) is 1.11. The van der Waals surface area contributed by atoms with Gasteiger partial charge in [-0.1, -0.05) is 6.08 Å². The Bertz CT molecular complexity index is 304. The molecule has 1 amide bonds. The monoisotopic (exact) mass is 260 g/mol. The molecule has 0 saturated carbocycles. The number of hydrogen-bond donors (Lipinski definition) is 1. The summed E-state index contributed by atoms with van der Waals surface area (Å²) in [5.41, 5.74) is 0. The quantitative estimate of drug-likeness (QED) is 0.648. The van der Waals surface area contributed by atoms with E-state index >= 15 is 0 Å². The number of halogens is 1. The van der Waals surface area contributed by atoms with Crippen LogP contribution in [0.2, 0.25) is 0 Å². The highest BCUT2D eigenvalue weighted by Crippen LogP contribution is 2.26. The molecule has 11 heavy (non-hydrogen) atoms. The number of rotatable bonds is 0. The molecule has 0 aromatic heterocycles. The van der Waals surface area contributed by atoms with E-state index in [1.165, 1.54) is 0 Å². The molecule has 2 aliphatic rings. The van der Waals surface area contributed by atoms with Crippen molar-refractivity contribution in [3.63, 3.8) is 0 Å². The number of amides is 1. The second kappa shape index (κ2) is 2.44. The van der Waals surface area contributed by atoms with Gasteiger partial charge >= 0.3 is 0 Å². The van der Waals surface area contributed by atoms with Crippen LogP contribution in [0.1, 0.15) is 0 Å². The molecule has 2 aliphatic heterocycles. The van der Waals surface area contributed by atoms with Crippen molar-refractivity contribution >= 4 is 34.3 Å². The standard InChI is InChI=1S/C7H5IN2O/c8-5-3-6(11)10-7-4(5)1-2-9-7/h1-4H,(H,9,10,11). The summed E-state index contributed by atoms with van der Waals surface area (Å²) in [6, 6.07) is 0. The van der Waals surface area contributed by atoms with Gasteiger partial charge in [0.1, 0.15) is 5.84 Å². The molecule has 1 unspecified atom stereocenters. The van der Waals surface area contributed by atoms with Crippen molar-refractivity contribution in [2.24, 2.45) is 10.9 Å². The molecule has 3 nitrogen and oxygen atoms in total. The molecule has 0 aliphatic carbocycles. The van der Waals surface area contributed by atoms with E-state index < -0.39 is 0 Å². The van der Waals surface area contributed by atoms with Gasteiger partial charge in [0.25, 0.3) is 0 Å². The van der Waals surface area contributed by atoms with Gasteiger partial charge in [0.15, 0.2) is 0 Å². The third-order valence-corrected chi connectivity index (χ3v) is 2.59.